The van der Waals surface area contributed by atoms with Crippen molar-refractivity contribution in [1.82, 2.24) is 10.2 Å². The molecule has 1 aliphatic carbocycles. The molecule has 0 bridgehead atoms. The lowest BCUT2D eigenvalue weighted by atomic mass is 9.77. The van der Waals surface area contributed by atoms with Crippen LogP contribution in [0.2, 0.25) is 0 Å². The molecule has 0 unspecified atom stereocenters. The first-order valence-corrected chi connectivity index (χ1v) is 8.74. The number of likely N-dealkylation sites (N-methyl/N-ethyl adjacent to an activating group) is 1. The highest BCUT2D eigenvalue weighted by atomic mass is 19.1. The molecule has 1 aliphatic rings. The van der Waals surface area contributed by atoms with Crippen molar-refractivity contribution in [2.45, 2.75) is 57.9 Å². The molecule has 4 nitrogen and oxygen atoms in total. The predicted octanol–water partition coefficient (Wildman–Crippen LogP) is 3.01. The third-order valence-corrected chi connectivity index (χ3v) is 4.72. The lowest BCUT2D eigenvalue weighted by molar-refractivity contribution is -0.140. The summed E-state index contributed by atoms with van der Waals surface area (Å²) < 4.78 is 13.3. The van der Waals surface area contributed by atoms with Gasteiger partial charge in [0.2, 0.25) is 11.8 Å². The molecule has 132 valence electrons. The van der Waals surface area contributed by atoms with Gasteiger partial charge in [0.05, 0.1) is 12.0 Å². The third-order valence-electron chi connectivity index (χ3n) is 4.72. The fourth-order valence-corrected chi connectivity index (χ4v) is 3.54. The molecule has 0 aliphatic heterocycles. The zero-order chi connectivity index (χ0) is 17.7. The maximum absolute atomic E-state index is 13.3. The van der Waals surface area contributed by atoms with Gasteiger partial charge in [0.1, 0.15) is 5.82 Å². The molecule has 2 amide bonds. The summed E-state index contributed by atoms with van der Waals surface area (Å²) in [6.45, 7) is 6.22. The average Bonchev–Trinajstić information content (AvgIpc) is 3.02. The smallest absolute Gasteiger partial charge is 0.239 e. The van der Waals surface area contributed by atoms with Crippen LogP contribution in [0.1, 0.15) is 52.0 Å². The molecule has 0 saturated heterocycles. The fraction of sp³-hybridized carbons (Fsp3) is 0.579. The van der Waals surface area contributed by atoms with E-state index >= 15 is 0 Å². The van der Waals surface area contributed by atoms with Gasteiger partial charge in [-0.05, 0) is 51.3 Å². The molecular formula is C19H27FN2O2. The van der Waals surface area contributed by atoms with Crippen LogP contribution in [-0.2, 0) is 15.0 Å². The topological polar surface area (TPSA) is 49.4 Å². The van der Waals surface area contributed by atoms with Crippen LogP contribution in [0, 0.1) is 5.82 Å². The first-order chi connectivity index (χ1) is 11.4. The number of amides is 2. The van der Waals surface area contributed by atoms with Crippen LogP contribution in [0.3, 0.4) is 0 Å². The van der Waals surface area contributed by atoms with Gasteiger partial charge in [-0.3, -0.25) is 9.59 Å². The van der Waals surface area contributed by atoms with Gasteiger partial charge in [-0.2, -0.15) is 0 Å². The second-order valence-electron chi connectivity index (χ2n) is 6.84. The van der Waals surface area contributed by atoms with Gasteiger partial charge in [0.15, 0.2) is 0 Å². The van der Waals surface area contributed by atoms with Gasteiger partial charge >= 0.3 is 0 Å². The van der Waals surface area contributed by atoms with E-state index in [1.165, 1.54) is 12.1 Å². The van der Waals surface area contributed by atoms with E-state index in [9.17, 15) is 14.0 Å². The maximum Gasteiger partial charge on any atom is 0.239 e. The summed E-state index contributed by atoms with van der Waals surface area (Å²) in [5, 5.41) is 2.83. The second kappa shape index (κ2) is 7.77. The standard InChI is InChI=1S/C19H27FN2O2/c1-4-22(13-17(23)21-14(2)3)18(24)19(11-5-6-12-19)15-7-9-16(20)10-8-15/h7-10,14H,4-6,11-13H2,1-3H3,(H,21,23). The Morgan fingerprint density at radius 1 is 1.21 bits per heavy atom. The number of nitrogens with zero attached hydrogens (tertiary/aromatic N) is 1. The summed E-state index contributed by atoms with van der Waals surface area (Å²) in [6.07, 6.45) is 3.44. The molecule has 1 fully saturated rings. The lowest BCUT2D eigenvalue weighted by Gasteiger charge is -2.34. The van der Waals surface area contributed by atoms with Gasteiger partial charge < -0.3 is 10.2 Å². The van der Waals surface area contributed by atoms with Crippen LogP contribution < -0.4 is 5.32 Å². The monoisotopic (exact) mass is 334 g/mol. The summed E-state index contributed by atoms with van der Waals surface area (Å²) in [6, 6.07) is 6.28. The van der Waals surface area contributed by atoms with Crippen molar-refractivity contribution >= 4 is 11.8 Å². The van der Waals surface area contributed by atoms with Gasteiger partial charge in [0, 0.05) is 12.6 Å². The Morgan fingerprint density at radius 3 is 2.29 bits per heavy atom. The summed E-state index contributed by atoms with van der Waals surface area (Å²) >= 11 is 0. The predicted molar refractivity (Wildman–Crippen MR) is 92.1 cm³/mol. The van der Waals surface area contributed by atoms with Crippen LogP contribution in [0.15, 0.2) is 24.3 Å². The van der Waals surface area contributed by atoms with Crippen molar-refractivity contribution < 1.29 is 14.0 Å². The van der Waals surface area contributed by atoms with Crippen LogP contribution in [0.25, 0.3) is 0 Å². The van der Waals surface area contributed by atoms with Crippen molar-refractivity contribution in [2.24, 2.45) is 0 Å². The third kappa shape index (κ3) is 3.94. The largest absolute Gasteiger partial charge is 0.352 e. The van der Waals surface area contributed by atoms with Gasteiger partial charge in [-0.1, -0.05) is 25.0 Å². The SMILES string of the molecule is CCN(CC(=O)NC(C)C)C(=O)C1(c2ccc(F)cc2)CCCC1. The number of carbonyl (C=O) groups excluding carboxylic acids is 2. The number of carbonyl (C=O) groups is 2. The van der Waals surface area contributed by atoms with Gasteiger partial charge in [-0.25, -0.2) is 4.39 Å². The Balaban J connectivity index is 2.24. The minimum atomic E-state index is -0.623. The summed E-state index contributed by atoms with van der Waals surface area (Å²) in [7, 11) is 0. The quantitative estimate of drug-likeness (QED) is 0.869. The maximum atomic E-state index is 13.3. The molecule has 1 aromatic rings. The normalized spacial score (nSPS) is 16.2. The molecule has 0 radical (unpaired) electrons. The zero-order valence-corrected chi connectivity index (χ0v) is 14.8. The van der Waals surface area contributed by atoms with Crippen LogP contribution in [0.5, 0.6) is 0 Å². The van der Waals surface area contributed by atoms with E-state index in [4.69, 9.17) is 0 Å². The van der Waals surface area contributed by atoms with Crippen LogP contribution >= 0.6 is 0 Å². The van der Waals surface area contributed by atoms with E-state index < -0.39 is 5.41 Å². The highest BCUT2D eigenvalue weighted by molar-refractivity contribution is 5.92. The first kappa shape index (κ1) is 18.4. The Kier molecular flexibility index (Phi) is 5.97. The van der Waals surface area contributed by atoms with E-state index in [-0.39, 0.29) is 30.2 Å². The number of nitrogens with one attached hydrogen (secondary N) is 1. The van der Waals surface area contributed by atoms with E-state index in [0.717, 1.165) is 31.2 Å². The van der Waals surface area contributed by atoms with Gasteiger partial charge in [-0.15, -0.1) is 0 Å². The molecule has 24 heavy (non-hydrogen) atoms. The Morgan fingerprint density at radius 2 is 1.79 bits per heavy atom. The number of hydrogen-bond donors (Lipinski definition) is 1. The number of rotatable bonds is 6. The lowest BCUT2D eigenvalue weighted by Crippen LogP contribution is -2.49. The second-order valence-corrected chi connectivity index (χ2v) is 6.84. The Hall–Kier alpha value is -1.91. The molecular weight excluding hydrogens is 307 g/mol. The number of halogens is 1. The molecule has 0 spiro atoms. The number of benzene rings is 1. The van der Waals surface area contributed by atoms with Crippen LogP contribution in [-0.4, -0.2) is 35.8 Å². The van der Waals surface area contributed by atoms with Gasteiger partial charge in [0.25, 0.3) is 0 Å². The van der Waals surface area contributed by atoms with E-state index in [2.05, 4.69) is 5.32 Å². The highest BCUT2D eigenvalue weighted by Gasteiger charge is 2.44. The Labute approximate surface area is 143 Å². The Bertz CT molecular complexity index is 578. The summed E-state index contributed by atoms with van der Waals surface area (Å²) in [5.74, 6) is -0.469. The molecule has 1 aromatic carbocycles. The van der Waals surface area contributed by atoms with Crippen molar-refractivity contribution in [3.63, 3.8) is 0 Å². The average molecular weight is 334 g/mol. The van der Waals surface area contributed by atoms with E-state index in [0.29, 0.717) is 6.54 Å². The first-order valence-electron chi connectivity index (χ1n) is 8.74. The zero-order valence-electron chi connectivity index (χ0n) is 14.8. The fourth-order valence-electron chi connectivity index (χ4n) is 3.54. The number of hydrogen-bond acceptors (Lipinski definition) is 2. The molecule has 0 atom stereocenters. The molecule has 2 rings (SSSR count). The molecule has 0 heterocycles. The molecule has 5 heteroatoms. The highest BCUT2D eigenvalue weighted by Crippen LogP contribution is 2.42. The van der Waals surface area contributed by atoms with Crippen molar-refractivity contribution in [3.8, 4) is 0 Å². The van der Waals surface area contributed by atoms with Crippen molar-refractivity contribution in [3.05, 3.63) is 35.6 Å². The van der Waals surface area contributed by atoms with E-state index in [1.807, 2.05) is 20.8 Å². The molecule has 0 aromatic heterocycles. The van der Waals surface area contributed by atoms with E-state index in [1.54, 1.807) is 17.0 Å². The minimum absolute atomic E-state index is 0.0204. The molecule has 1 N–H and O–H groups in total. The summed E-state index contributed by atoms with van der Waals surface area (Å²) in [5.41, 5.74) is 0.232. The summed E-state index contributed by atoms with van der Waals surface area (Å²) in [4.78, 5) is 26.9. The molecule has 1 saturated carbocycles. The van der Waals surface area contributed by atoms with Crippen molar-refractivity contribution in [2.75, 3.05) is 13.1 Å². The van der Waals surface area contributed by atoms with Crippen molar-refractivity contribution in [1.29, 1.82) is 0 Å². The van der Waals surface area contributed by atoms with Crippen LogP contribution in [0.4, 0.5) is 4.39 Å². The minimum Gasteiger partial charge on any atom is -0.352 e.